The third-order valence-electron chi connectivity index (χ3n) is 1.34. The topological polar surface area (TPSA) is 41.1 Å². The van der Waals surface area contributed by atoms with Crippen molar-refractivity contribution in [1.82, 2.24) is 10.9 Å². The SMILES string of the molecule is CNNC(=O)c1ccc(Cl)cc1. The second-order valence-electron chi connectivity index (χ2n) is 2.21. The molecule has 0 aliphatic carbocycles. The number of benzene rings is 1. The maximum absolute atomic E-state index is 11.1. The molecule has 0 atom stereocenters. The molecule has 12 heavy (non-hydrogen) atoms. The van der Waals surface area contributed by atoms with Gasteiger partial charge in [-0.15, -0.1) is 0 Å². The smallest absolute Gasteiger partial charge is 0.265 e. The van der Waals surface area contributed by atoms with Crippen molar-refractivity contribution >= 4 is 17.5 Å². The van der Waals surface area contributed by atoms with E-state index in [1.165, 1.54) is 0 Å². The van der Waals surface area contributed by atoms with Crippen LogP contribution in [0.4, 0.5) is 0 Å². The molecule has 1 aromatic rings. The number of halogens is 1. The van der Waals surface area contributed by atoms with Gasteiger partial charge in [0.05, 0.1) is 0 Å². The molecule has 0 bridgehead atoms. The van der Waals surface area contributed by atoms with Crippen LogP contribution in [-0.4, -0.2) is 13.0 Å². The van der Waals surface area contributed by atoms with E-state index in [1.54, 1.807) is 31.3 Å². The first-order valence-corrected chi connectivity index (χ1v) is 3.84. The third-order valence-corrected chi connectivity index (χ3v) is 1.60. The maximum Gasteiger partial charge on any atom is 0.265 e. The monoisotopic (exact) mass is 184 g/mol. The molecule has 2 N–H and O–H groups in total. The van der Waals surface area contributed by atoms with Crippen LogP contribution in [0.5, 0.6) is 0 Å². The van der Waals surface area contributed by atoms with Crippen LogP contribution in [0, 0.1) is 0 Å². The summed E-state index contributed by atoms with van der Waals surface area (Å²) in [6.07, 6.45) is 0. The predicted molar refractivity (Wildman–Crippen MR) is 48.0 cm³/mol. The second-order valence-corrected chi connectivity index (χ2v) is 2.65. The van der Waals surface area contributed by atoms with Gasteiger partial charge < -0.3 is 0 Å². The van der Waals surface area contributed by atoms with Crippen molar-refractivity contribution in [3.63, 3.8) is 0 Å². The van der Waals surface area contributed by atoms with Crippen LogP contribution >= 0.6 is 11.6 Å². The lowest BCUT2D eigenvalue weighted by molar-refractivity contribution is 0.0938. The Morgan fingerprint density at radius 2 is 1.92 bits per heavy atom. The van der Waals surface area contributed by atoms with Gasteiger partial charge in [0.25, 0.3) is 5.91 Å². The minimum Gasteiger partial charge on any atom is -0.288 e. The van der Waals surface area contributed by atoms with E-state index >= 15 is 0 Å². The number of hydrazine groups is 1. The van der Waals surface area contributed by atoms with Crippen LogP contribution in [0.15, 0.2) is 24.3 Å². The molecule has 3 nitrogen and oxygen atoms in total. The molecule has 64 valence electrons. The minimum atomic E-state index is -0.172. The Morgan fingerprint density at radius 3 is 2.42 bits per heavy atom. The first-order valence-electron chi connectivity index (χ1n) is 3.46. The van der Waals surface area contributed by atoms with Crippen molar-refractivity contribution < 1.29 is 4.79 Å². The molecule has 4 heteroatoms. The molecule has 1 amide bonds. The summed E-state index contributed by atoms with van der Waals surface area (Å²) in [6.45, 7) is 0. The van der Waals surface area contributed by atoms with Gasteiger partial charge in [-0.05, 0) is 24.3 Å². The molecule has 0 aromatic heterocycles. The van der Waals surface area contributed by atoms with Crippen LogP contribution in [0.2, 0.25) is 5.02 Å². The van der Waals surface area contributed by atoms with Crippen LogP contribution in [0.3, 0.4) is 0 Å². The fourth-order valence-electron chi connectivity index (χ4n) is 0.787. The van der Waals surface area contributed by atoms with Gasteiger partial charge in [-0.2, -0.15) is 0 Å². The average Bonchev–Trinajstić information content (AvgIpc) is 2.06. The molecule has 0 unspecified atom stereocenters. The van der Waals surface area contributed by atoms with Gasteiger partial charge in [-0.3, -0.25) is 10.2 Å². The molecule has 0 saturated carbocycles. The number of nitrogens with one attached hydrogen (secondary N) is 2. The Balaban J connectivity index is 2.75. The summed E-state index contributed by atoms with van der Waals surface area (Å²) < 4.78 is 0. The highest BCUT2D eigenvalue weighted by molar-refractivity contribution is 6.30. The van der Waals surface area contributed by atoms with Crippen LogP contribution in [0.25, 0.3) is 0 Å². The molecule has 0 aliphatic heterocycles. The van der Waals surface area contributed by atoms with Gasteiger partial charge >= 0.3 is 0 Å². The summed E-state index contributed by atoms with van der Waals surface area (Å²) in [5.74, 6) is -0.172. The molecule has 0 radical (unpaired) electrons. The molecule has 0 heterocycles. The fourth-order valence-corrected chi connectivity index (χ4v) is 0.913. The summed E-state index contributed by atoms with van der Waals surface area (Å²) in [5, 5.41) is 0.621. The van der Waals surface area contributed by atoms with Crippen LogP contribution < -0.4 is 10.9 Å². The largest absolute Gasteiger partial charge is 0.288 e. The van der Waals surface area contributed by atoms with Gasteiger partial charge in [0, 0.05) is 17.6 Å². The van der Waals surface area contributed by atoms with Gasteiger partial charge in [0.1, 0.15) is 0 Å². The van der Waals surface area contributed by atoms with Crippen molar-refractivity contribution in [2.45, 2.75) is 0 Å². The van der Waals surface area contributed by atoms with Crippen LogP contribution in [0.1, 0.15) is 10.4 Å². The van der Waals surface area contributed by atoms with E-state index in [1.807, 2.05) is 0 Å². The Bertz CT molecular complexity index is 271. The van der Waals surface area contributed by atoms with E-state index in [-0.39, 0.29) is 5.91 Å². The van der Waals surface area contributed by atoms with Crippen molar-refractivity contribution in [3.8, 4) is 0 Å². The number of rotatable bonds is 2. The second kappa shape index (κ2) is 4.09. The number of carbonyl (C=O) groups excluding carboxylic acids is 1. The molecule has 0 aliphatic rings. The number of hydrogen-bond acceptors (Lipinski definition) is 2. The highest BCUT2D eigenvalue weighted by Gasteiger charge is 2.01. The average molecular weight is 185 g/mol. The predicted octanol–water partition coefficient (Wildman–Crippen LogP) is 1.20. The highest BCUT2D eigenvalue weighted by Crippen LogP contribution is 2.08. The summed E-state index contributed by atoms with van der Waals surface area (Å²) in [6, 6.07) is 6.67. The summed E-state index contributed by atoms with van der Waals surface area (Å²) in [5.41, 5.74) is 5.57. The van der Waals surface area contributed by atoms with Crippen molar-refractivity contribution in [1.29, 1.82) is 0 Å². The van der Waals surface area contributed by atoms with E-state index < -0.39 is 0 Å². The van der Waals surface area contributed by atoms with Gasteiger partial charge in [0.2, 0.25) is 0 Å². The van der Waals surface area contributed by atoms with E-state index in [2.05, 4.69) is 10.9 Å². The van der Waals surface area contributed by atoms with Crippen molar-refractivity contribution in [3.05, 3.63) is 34.9 Å². The first-order chi connectivity index (χ1) is 5.74. The standard InChI is InChI=1S/C8H9ClN2O/c1-10-11-8(12)6-2-4-7(9)5-3-6/h2-5,10H,1H3,(H,11,12). The molecular formula is C8H9ClN2O. The zero-order valence-corrected chi connectivity index (χ0v) is 7.35. The molecule has 0 spiro atoms. The summed E-state index contributed by atoms with van der Waals surface area (Å²) in [4.78, 5) is 11.1. The lowest BCUT2D eigenvalue weighted by atomic mass is 10.2. The normalized spacial score (nSPS) is 9.50. The number of hydrogen-bond donors (Lipinski definition) is 2. The zero-order chi connectivity index (χ0) is 8.97. The lowest BCUT2D eigenvalue weighted by Gasteiger charge is -2.01. The van der Waals surface area contributed by atoms with E-state index in [9.17, 15) is 4.79 Å². The lowest BCUT2D eigenvalue weighted by Crippen LogP contribution is -2.33. The van der Waals surface area contributed by atoms with Gasteiger partial charge in [0.15, 0.2) is 0 Å². The maximum atomic E-state index is 11.1. The summed E-state index contributed by atoms with van der Waals surface area (Å²) in [7, 11) is 1.63. The minimum absolute atomic E-state index is 0.172. The quantitative estimate of drug-likeness (QED) is 0.679. The Morgan fingerprint density at radius 1 is 1.33 bits per heavy atom. The third kappa shape index (κ3) is 2.22. The van der Waals surface area contributed by atoms with Crippen molar-refractivity contribution in [2.24, 2.45) is 0 Å². The van der Waals surface area contributed by atoms with Crippen LogP contribution in [-0.2, 0) is 0 Å². The van der Waals surface area contributed by atoms with E-state index in [0.717, 1.165) is 0 Å². The van der Waals surface area contributed by atoms with E-state index in [4.69, 9.17) is 11.6 Å². The fraction of sp³-hybridized carbons (Fsp3) is 0.125. The molecule has 0 saturated heterocycles. The Hall–Kier alpha value is -1.06. The molecule has 1 aromatic carbocycles. The van der Waals surface area contributed by atoms with Gasteiger partial charge in [-0.1, -0.05) is 11.6 Å². The Labute approximate surface area is 75.7 Å². The zero-order valence-electron chi connectivity index (χ0n) is 6.60. The number of carbonyl (C=O) groups is 1. The molecule has 0 fully saturated rings. The van der Waals surface area contributed by atoms with Crippen molar-refractivity contribution in [2.75, 3.05) is 7.05 Å². The molecule has 1 rings (SSSR count). The first kappa shape index (κ1) is 9.03. The van der Waals surface area contributed by atoms with Gasteiger partial charge in [-0.25, -0.2) is 5.43 Å². The number of amides is 1. The summed E-state index contributed by atoms with van der Waals surface area (Å²) >= 11 is 5.65. The van der Waals surface area contributed by atoms with E-state index in [0.29, 0.717) is 10.6 Å². The highest BCUT2D eigenvalue weighted by atomic mass is 35.5. The molecular weight excluding hydrogens is 176 g/mol. The Kier molecular flexibility index (Phi) is 3.08.